The second kappa shape index (κ2) is 6.80. The molecule has 0 aliphatic heterocycles. The summed E-state index contributed by atoms with van der Waals surface area (Å²) in [6.07, 6.45) is -1.26. The first kappa shape index (κ1) is 16.2. The van der Waals surface area contributed by atoms with Gasteiger partial charge in [0.1, 0.15) is 6.54 Å². The van der Waals surface area contributed by atoms with Crippen LogP contribution in [0.4, 0.5) is 4.79 Å². The summed E-state index contributed by atoms with van der Waals surface area (Å²) in [5.41, 5.74) is 4.99. The number of nitrogens with zero attached hydrogens (tertiary/aromatic N) is 1. The molecule has 0 saturated heterocycles. The van der Waals surface area contributed by atoms with E-state index in [2.05, 4.69) is 5.32 Å². The fourth-order valence-corrected chi connectivity index (χ4v) is 1.26. The molecule has 0 aromatic rings. The Morgan fingerprint density at radius 2 is 1.78 bits per heavy atom. The minimum Gasteiger partial charge on any atom is -0.480 e. The zero-order chi connectivity index (χ0) is 14.5. The van der Waals surface area contributed by atoms with Crippen LogP contribution in [0.1, 0.15) is 20.8 Å². The molecule has 0 heterocycles. The van der Waals surface area contributed by atoms with Gasteiger partial charge in [0.15, 0.2) is 6.04 Å². The number of aliphatic hydroxyl groups is 1. The normalized spacial score (nSPS) is 13.8. The van der Waals surface area contributed by atoms with Gasteiger partial charge >= 0.3 is 12.0 Å². The molecule has 0 saturated carbocycles. The molecule has 0 aromatic carbocycles. The maximum absolute atomic E-state index is 11.8. The van der Waals surface area contributed by atoms with Gasteiger partial charge in [-0.05, 0) is 20.8 Å². The number of aliphatic carboxylic acids is 1. The summed E-state index contributed by atoms with van der Waals surface area (Å²) >= 11 is 0. The Hall–Kier alpha value is -1.83. The van der Waals surface area contributed by atoms with Gasteiger partial charge < -0.3 is 26.2 Å². The summed E-state index contributed by atoms with van der Waals surface area (Å²) in [7, 11) is 0. The van der Waals surface area contributed by atoms with Crippen molar-refractivity contribution in [2.75, 3.05) is 6.54 Å². The summed E-state index contributed by atoms with van der Waals surface area (Å²) in [5, 5.41) is 20.2. The number of urea groups is 1. The molecular formula is C10H19N3O5. The lowest BCUT2D eigenvalue weighted by Gasteiger charge is -2.28. The largest absolute Gasteiger partial charge is 0.480 e. The Kier molecular flexibility index (Phi) is 6.11. The van der Waals surface area contributed by atoms with Gasteiger partial charge in [0.05, 0.1) is 6.10 Å². The molecule has 8 heteroatoms. The number of carboxylic acids is 1. The third kappa shape index (κ3) is 5.00. The zero-order valence-corrected chi connectivity index (χ0v) is 10.6. The molecule has 0 radical (unpaired) electrons. The molecule has 18 heavy (non-hydrogen) atoms. The van der Waals surface area contributed by atoms with Crippen molar-refractivity contribution in [2.45, 2.75) is 39.0 Å². The Bertz CT molecular complexity index is 329. The lowest BCUT2D eigenvalue weighted by Crippen LogP contribution is -2.55. The van der Waals surface area contributed by atoms with Crippen LogP contribution in [-0.2, 0) is 9.59 Å². The predicted octanol–water partition coefficient (Wildman–Crippen LogP) is -1.27. The molecule has 2 atom stereocenters. The van der Waals surface area contributed by atoms with Crippen molar-refractivity contribution >= 4 is 17.9 Å². The van der Waals surface area contributed by atoms with E-state index in [0.717, 1.165) is 4.90 Å². The van der Waals surface area contributed by atoms with E-state index in [-0.39, 0.29) is 12.6 Å². The summed E-state index contributed by atoms with van der Waals surface area (Å²) in [4.78, 5) is 34.5. The molecule has 0 aromatic heterocycles. The standard InChI is InChI=1S/C10H19N3O5/c1-5(2)13(4-7(11)15)10(18)12-8(6(3)14)9(16)17/h5-6,8,14H,4H2,1-3H3,(H2,11,15)(H,12,18)(H,16,17)/t6-,8+/m1/s1. The number of hydrogen-bond acceptors (Lipinski definition) is 4. The number of rotatable bonds is 6. The van der Waals surface area contributed by atoms with Gasteiger partial charge in [-0.2, -0.15) is 0 Å². The number of carboxylic acid groups (broad SMARTS) is 1. The topological polar surface area (TPSA) is 133 Å². The van der Waals surface area contributed by atoms with Crippen LogP contribution in [0.3, 0.4) is 0 Å². The van der Waals surface area contributed by atoms with Crippen molar-refractivity contribution in [1.82, 2.24) is 10.2 Å². The fourth-order valence-electron chi connectivity index (χ4n) is 1.26. The van der Waals surface area contributed by atoms with E-state index >= 15 is 0 Å². The first-order chi connectivity index (χ1) is 8.16. The van der Waals surface area contributed by atoms with Gasteiger partial charge in [0.25, 0.3) is 0 Å². The first-order valence-electron chi connectivity index (χ1n) is 5.43. The Morgan fingerprint density at radius 3 is 2.06 bits per heavy atom. The Balaban J connectivity index is 4.77. The minimum absolute atomic E-state index is 0.324. The number of nitrogens with two attached hydrogens (primary N) is 1. The number of primary amides is 1. The maximum atomic E-state index is 11.8. The highest BCUT2D eigenvalue weighted by Crippen LogP contribution is 2.01. The van der Waals surface area contributed by atoms with Crippen LogP contribution < -0.4 is 11.1 Å². The molecule has 5 N–H and O–H groups in total. The molecule has 0 fully saturated rings. The van der Waals surface area contributed by atoms with Gasteiger partial charge in [-0.3, -0.25) is 4.79 Å². The average molecular weight is 261 g/mol. The van der Waals surface area contributed by atoms with Crippen LogP contribution in [-0.4, -0.2) is 57.8 Å². The van der Waals surface area contributed by atoms with Gasteiger partial charge in [-0.15, -0.1) is 0 Å². The molecule has 8 nitrogen and oxygen atoms in total. The molecular weight excluding hydrogens is 242 g/mol. The number of hydrogen-bond donors (Lipinski definition) is 4. The third-order valence-electron chi connectivity index (χ3n) is 2.24. The highest BCUT2D eigenvalue weighted by Gasteiger charge is 2.28. The molecule has 104 valence electrons. The van der Waals surface area contributed by atoms with Gasteiger partial charge in [-0.25, -0.2) is 9.59 Å². The fraction of sp³-hybridized carbons (Fsp3) is 0.700. The van der Waals surface area contributed by atoms with Crippen molar-refractivity contribution in [2.24, 2.45) is 5.73 Å². The van der Waals surface area contributed by atoms with Crippen molar-refractivity contribution in [3.05, 3.63) is 0 Å². The molecule has 0 aliphatic carbocycles. The number of carbonyl (C=O) groups is 3. The Labute approximate surface area is 105 Å². The highest BCUT2D eigenvalue weighted by molar-refractivity contribution is 5.86. The monoisotopic (exact) mass is 261 g/mol. The minimum atomic E-state index is -1.44. The second-order valence-electron chi connectivity index (χ2n) is 4.19. The highest BCUT2D eigenvalue weighted by atomic mass is 16.4. The van der Waals surface area contributed by atoms with Gasteiger partial charge in [0, 0.05) is 6.04 Å². The van der Waals surface area contributed by atoms with E-state index in [1.165, 1.54) is 6.92 Å². The lowest BCUT2D eigenvalue weighted by atomic mass is 10.2. The third-order valence-corrected chi connectivity index (χ3v) is 2.24. The Morgan fingerprint density at radius 1 is 1.28 bits per heavy atom. The van der Waals surface area contributed by atoms with E-state index in [4.69, 9.17) is 10.8 Å². The van der Waals surface area contributed by atoms with Crippen molar-refractivity contribution < 1.29 is 24.6 Å². The first-order valence-corrected chi connectivity index (χ1v) is 5.43. The summed E-state index contributed by atoms with van der Waals surface area (Å²) in [6, 6.07) is -2.54. The summed E-state index contributed by atoms with van der Waals surface area (Å²) < 4.78 is 0. The summed E-state index contributed by atoms with van der Waals surface area (Å²) in [5.74, 6) is -2.07. The molecule has 0 bridgehead atoms. The van der Waals surface area contributed by atoms with Crippen molar-refractivity contribution in [1.29, 1.82) is 0 Å². The molecule has 0 unspecified atom stereocenters. The van der Waals surface area contributed by atoms with Crippen LogP contribution in [0.5, 0.6) is 0 Å². The number of carbonyl (C=O) groups excluding carboxylic acids is 2. The molecule has 0 rings (SSSR count). The number of aliphatic hydroxyl groups excluding tert-OH is 1. The van der Waals surface area contributed by atoms with E-state index in [9.17, 15) is 19.5 Å². The van der Waals surface area contributed by atoms with Gasteiger partial charge in [0.2, 0.25) is 5.91 Å². The average Bonchev–Trinajstić information content (AvgIpc) is 2.20. The second-order valence-corrected chi connectivity index (χ2v) is 4.19. The zero-order valence-electron chi connectivity index (χ0n) is 10.6. The van der Waals surface area contributed by atoms with Crippen LogP contribution >= 0.6 is 0 Å². The molecule has 0 aliphatic rings. The number of nitrogens with one attached hydrogen (secondary N) is 1. The van der Waals surface area contributed by atoms with Crippen LogP contribution in [0.2, 0.25) is 0 Å². The van der Waals surface area contributed by atoms with Crippen LogP contribution in [0, 0.1) is 0 Å². The van der Waals surface area contributed by atoms with Crippen LogP contribution in [0.25, 0.3) is 0 Å². The SMILES string of the molecule is CC(C)N(CC(N)=O)C(=O)N[C@H](C(=O)O)[C@@H](C)O. The van der Waals surface area contributed by atoms with Crippen LogP contribution in [0.15, 0.2) is 0 Å². The van der Waals surface area contributed by atoms with E-state index in [1.54, 1.807) is 13.8 Å². The number of amides is 3. The summed E-state index contributed by atoms with van der Waals surface area (Å²) in [6.45, 7) is 4.23. The molecule has 0 spiro atoms. The van der Waals surface area contributed by atoms with E-state index < -0.39 is 30.1 Å². The van der Waals surface area contributed by atoms with E-state index in [1.807, 2.05) is 0 Å². The predicted molar refractivity (Wildman–Crippen MR) is 62.7 cm³/mol. The molecule has 3 amide bonds. The van der Waals surface area contributed by atoms with Crippen molar-refractivity contribution in [3.63, 3.8) is 0 Å². The smallest absolute Gasteiger partial charge is 0.328 e. The maximum Gasteiger partial charge on any atom is 0.328 e. The van der Waals surface area contributed by atoms with E-state index in [0.29, 0.717) is 0 Å². The lowest BCUT2D eigenvalue weighted by molar-refractivity contribution is -0.141. The van der Waals surface area contributed by atoms with Gasteiger partial charge in [-0.1, -0.05) is 0 Å². The quantitative estimate of drug-likeness (QED) is 0.473. The van der Waals surface area contributed by atoms with Crippen molar-refractivity contribution in [3.8, 4) is 0 Å².